The first kappa shape index (κ1) is 12.7. The van der Waals surface area contributed by atoms with Crippen molar-refractivity contribution in [1.29, 1.82) is 0 Å². The Labute approximate surface area is 120 Å². The molecule has 3 rings (SSSR count). The minimum atomic E-state index is 0.126. The molecule has 0 unspecified atom stereocenters. The second-order valence-corrected chi connectivity index (χ2v) is 7.15. The van der Waals surface area contributed by atoms with E-state index < -0.39 is 0 Å². The standard InChI is InChI=1S/C14H16N2OS2/c1-9-12(15)7-13(19-9)14(17)16(10-4-5-10)8-11-3-2-6-18-11/h2-3,6-7,10H,4-5,8,15H2,1H3. The molecule has 0 radical (unpaired) electrons. The highest BCUT2D eigenvalue weighted by Crippen LogP contribution is 2.33. The summed E-state index contributed by atoms with van der Waals surface area (Å²) in [6.07, 6.45) is 2.24. The van der Waals surface area contributed by atoms with Gasteiger partial charge in [0.05, 0.1) is 11.4 Å². The van der Waals surface area contributed by atoms with E-state index >= 15 is 0 Å². The zero-order valence-corrected chi connectivity index (χ0v) is 12.4. The van der Waals surface area contributed by atoms with E-state index in [4.69, 9.17) is 5.73 Å². The van der Waals surface area contributed by atoms with Crippen LogP contribution in [0.1, 0.15) is 32.3 Å². The number of hydrogen-bond donors (Lipinski definition) is 1. The molecule has 0 spiro atoms. The van der Waals surface area contributed by atoms with Crippen LogP contribution in [0.4, 0.5) is 5.69 Å². The van der Waals surface area contributed by atoms with Crippen molar-refractivity contribution in [2.45, 2.75) is 32.4 Å². The van der Waals surface area contributed by atoms with E-state index in [0.717, 1.165) is 34.8 Å². The minimum absolute atomic E-state index is 0.126. The van der Waals surface area contributed by atoms with Gasteiger partial charge in [-0.1, -0.05) is 6.07 Å². The highest BCUT2D eigenvalue weighted by Gasteiger charge is 2.33. The zero-order chi connectivity index (χ0) is 13.4. The number of nitrogens with zero attached hydrogens (tertiary/aromatic N) is 1. The summed E-state index contributed by atoms with van der Waals surface area (Å²) in [6.45, 7) is 2.68. The SMILES string of the molecule is Cc1sc(C(=O)N(Cc2cccs2)C2CC2)cc1N. The van der Waals surface area contributed by atoms with Crippen LogP contribution in [-0.2, 0) is 6.54 Å². The molecule has 1 aliphatic rings. The van der Waals surface area contributed by atoms with Crippen molar-refractivity contribution >= 4 is 34.3 Å². The predicted octanol–water partition coefficient (Wildman–Crippen LogP) is 3.51. The number of anilines is 1. The quantitative estimate of drug-likeness (QED) is 0.937. The third-order valence-electron chi connectivity index (χ3n) is 3.32. The van der Waals surface area contributed by atoms with Gasteiger partial charge in [-0.2, -0.15) is 0 Å². The fourth-order valence-corrected chi connectivity index (χ4v) is 3.67. The highest BCUT2D eigenvalue weighted by atomic mass is 32.1. The second-order valence-electron chi connectivity index (χ2n) is 4.87. The van der Waals surface area contributed by atoms with E-state index in [-0.39, 0.29) is 5.91 Å². The van der Waals surface area contributed by atoms with Crippen LogP contribution in [-0.4, -0.2) is 16.8 Å². The molecule has 0 aromatic carbocycles. The number of carbonyl (C=O) groups is 1. The van der Waals surface area contributed by atoms with Crippen LogP contribution in [0.25, 0.3) is 0 Å². The number of hydrogen-bond acceptors (Lipinski definition) is 4. The number of nitrogen functional groups attached to an aromatic ring is 1. The Morgan fingerprint density at radius 3 is 2.84 bits per heavy atom. The largest absolute Gasteiger partial charge is 0.398 e. The van der Waals surface area contributed by atoms with Crippen molar-refractivity contribution in [1.82, 2.24) is 4.90 Å². The highest BCUT2D eigenvalue weighted by molar-refractivity contribution is 7.14. The van der Waals surface area contributed by atoms with E-state index in [1.165, 1.54) is 16.2 Å². The van der Waals surface area contributed by atoms with E-state index in [1.54, 1.807) is 11.3 Å². The lowest BCUT2D eigenvalue weighted by atomic mass is 10.3. The monoisotopic (exact) mass is 292 g/mol. The molecule has 2 heterocycles. The summed E-state index contributed by atoms with van der Waals surface area (Å²) in [7, 11) is 0. The molecule has 5 heteroatoms. The molecule has 2 aromatic heterocycles. The Morgan fingerprint density at radius 1 is 1.53 bits per heavy atom. The molecule has 1 fully saturated rings. The van der Waals surface area contributed by atoms with Crippen LogP contribution >= 0.6 is 22.7 Å². The fraction of sp³-hybridized carbons (Fsp3) is 0.357. The van der Waals surface area contributed by atoms with Crippen LogP contribution in [0.5, 0.6) is 0 Å². The van der Waals surface area contributed by atoms with Crippen molar-refractivity contribution < 1.29 is 4.79 Å². The van der Waals surface area contributed by atoms with Gasteiger partial charge in [-0.3, -0.25) is 4.79 Å². The minimum Gasteiger partial charge on any atom is -0.398 e. The van der Waals surface area contributed by atoms with Gasteiger partial charge in [0.1, 0.15) is 0 Å². The van der Waals surface area contributed by atoms with E-state index in [1.807, 2.05) is 24.0 Å². The van der Waals surface area contributed by atoms with Crippen LogP contribution in [0.15, 0.2) is 23.6 Å². The first-order chi connectivity index (χ1) is 9.15. The number of rotatable bonds is 4. The number of carbonyl (C=O) groups excluding carboxylic acids is 1. The molecule has 2 aromatic rings. The maximum absolute atomic E-state index is 12.6. The lowest BCUT2D eigenvalue weighted by Crippen LogP contribution is -2.31. The summed E-state index contributed by atoms with van der Waals surface area (Å²) >= 11 is 3.20. The molecule has 1 aliphatic carbocycles. The van der Waals surface area contributed by atoms with Gasteiger partial charge < -0.3 is 10.6 Å². The van der Waals surface area contributed by atoms with Crippen LogP contribution in [0.2, 0.25) is 0 Å². The maximum atomic E-state index is 12.6. The van der Waals surface area contributed by atoms with Gasteiger partial charge >= 0.3 is 0 Å². The summed E-state index contributed by atoms with van der Waals surface area (Å²) in [5.74, 6) is 0.126. The molecule has 100 valence electrons. The smallest absolute Gasteiger partial charge is 0.264 e. The van der Waals surface area contributed by atoms with Crippen LogP contribution in [0, 0.1) is 6.92 Å². The molecule has 2 N–H and O–H groups in total. The average molecular weight is 292 g/mol. The Morgan fingerprint density at radius 2 is 2.32 bits per heavy atom. The Balaban J connectivity index is 1.81. The van der Waals surface area contributed by atoms with Crippen LogP contribution in [0.3, 0.4) is 0 Å². The summed E-state index contributed by atoms with van der Waals surface area (Å²) in [6, 6.07) is 6.34. The topological polar surface area (TPSA) is 46.3 Å². The van der Waals surface area contributed by atoms with Crippen LogP contribution < -0.4 is 5.73 Å². The Bertz CT molecular complexity index is 565. The summed E-state index contributed by atoms with van der Waals surface area (Å²) in [5.41, 5.74) is 6.57. The van der Waals surface area contributed by atoms with Gasteiger partial charge in [-0.05, 0) is 37.3 Å². The molecule has 3 nitrogen and oxygen atoms in total. The van der Waals surface area contributed by atoms with Gasteiger partial charge in [0.2, 0.25) is 0 Å². The predicted molar refractivity (Wildman–Crippen MR) is 80.7 cm³/mol. The van der Waals surface area contributed by atoms with Gasteiger partial charge in [0.25, 0.3) is 5.91 Å². The third kappa shape index (κ3) is 2.67. The van der Waals surface area contributed by atoms with Crippen molar-refractivity contribution in [3.05, 3.63) is 38.2 Å². The molecular formula is C14H16N2OS2. The molecule has 1 amide bonds. The van der Waals surface area contributed by atoms with Gasteiger partial charge in [-0.25, -0.2) is 0 Å². The van der Waals surface area contributed by atoms with Gasteiger partial charge in [0.15, 0.2) is 0 Å². The molecular weight excluding hydrogens is 276 g/mol. The van der Waals surface area contributed by atoms with Crippen molar-refractivity contribution in [2.24, 2.45) is 0 Å². The zero-order valence-electron chi connectivity index (χ0n) is 10.8. The number of amides is 1. The average Bonchev–Trinajstić information content (AvgIpc) is 3.00. The lowest BCUT2D eigenvalue weighted by Gasteiger charge is -2.21. The van der Waals surface area contributed by atoms with Crippen molar-refractivity contribution in [2.75, 3.05) is 5.73 Å². The first-order valence-electron chi connectivity index (χ1n) is 6.34. The number of nitrogens with two attached hydrogens (primary N) is 1. The van der Waals surface area contributed by atoms with Crippen molar-refractivity contribution in [3.8, 4) is 0 Å². The second kappa shape index (κ2) is 4.98. The first-order valence-corrected chi connectivity index (χ1v) is 8.04. The summed E-state index contributed by atoms with van der Waals surface area (Å²) in [5, 5.41) is 2.05. The Hall–Kier alpha value is -1.33. The molecule has 0 aliphatic heterocycles. The van der Waals surface area contributed by atoms with Gasteiger partial charge in [0, 0.05) is 21.5 Å². The van der Waals surface area contributed by atoms with E-state index in [0.29, 0.717) is 6.04 Å². The normalized spacial score (nSPS) is 14.6. The lowest BCUT2D eigenvalue weighted by molar-refractivity contribution is 0.0736. The number of aryl methyl sites for hydroxylation is 1. The third-order valence-corrected chi connectivity index (χ3v) is 5.24. The Kier molecular flexibility index (Phi) is 3.33. The van der Waals surface area contributed by atoms with E-state index in [2.05, 4.69) is 11.4 Å². The van der Waals surface area contributed by atoms with E-state index in [9.17, 15) is 4.79 Å². The summed E-state index contributed by atoms with van der Waals surface area (Å²) in [4.78, 5) is 17.6. The maximum Gasteiger partial charge on any atom is 0.264 e. The molecule has 19 heavy (non-hydrogen) atoms. The summed E-state index contributed by atoms with van der Waals surface area (Å²) < 4.78 is 0. The van der Waals surface area contributed by atoms with Crippen molar-refractivity contribution in [3.63, 3.8) is 0 Å². The number of thiophene rings is 2. The molecule has 0 saturated heterocycles. The molecule has 1 saturated carbocycles. The molecule has 0 atom stereocenters. The fourth-order valence-electron chi connectivity index (χ4n) is 2.07. The molecule has 0 bridgehead atoms. The van der Waals surface area contributed by atoms with Gasteiger partial charge in [-0.15, -0.1) is 22.7 Å².